The van der Waals surface area contributed by atoms with Crippen molar-refractivity contribution in [3.63, 3.8) is 0 Å². The van der Waals surface area contributed by atoms with Crippen LogP contribution in [0.3, 0.4) is 0 Å². The molecule has 2 heteroatoms. The summed E-state index contributed by atoms with van der Waals surface area (Å²) in [5.41, 5.74) is 8.22. The van der Waals surface area contributed by atoms with Gasteiger partial charge in [-0.3, -0.25) is 0 Å². The molecule has 0 amide bonds. The molecule has 0 bridgehead atoms. The van der Waals surface area contributed by atoms with Crippen molar-refractivity contribution in [1.29, 1.82) is 0 Å². The minimum absolute atomic E-state index is 0.724. The van der Waals surface area contributed by atoms with E-state index in [1.165, 1.54) is 24.0 Å². The van der Waals surface area contributed by atoms with Gasteiger partial charge in [0, 0.05) is 5.02 Å². The summed E-state index contributed by atoms with van der Waals surface area (Å²) in [6.07, 6.45) is 3.71. The zero-order valence-corrected chi connectivity index (χ0v) is 9.93. The van der Waals surface area contributed by atoms with E-state index in [9.17, 15) is 0 Å². The van der Waals surface area contributed by atoms with Gasteiger partial charge >= 0.3 is 0 Å². The van der Waals surface area contributed by atoms with Crippen molar-refractivity contribution in [2.45, 2.75) is 26.2 Å². The van der Waals surface area contributed by atoms with Gasteiger partial charge in [0.15, 0.2) is 0 Å². The SMILES string of the molecule is Cc1ccc(CC2CCC2CN)c(Cl)c1. The predicted molar refractivity (Wildman–Crippen MR) is 65.2 cm³/mol. The largest absolute Gasteiger partial charge is 0.330 e. The quantitative estimate of drug-likeness (QED) is 0.837. The molecule has 2 atom stereocenters. The van der Waals surface area contributed by atoms with E-state index in [0.717, 1.165) is 29.8 Å². The van der Waals surface area contributed by atoms with Crippen LogP contribution >= 0.6 is 11.6 Å². The van der Waals surface area contributed by atoms with Crippen LogP contribution in [-0.4, -0.2) is 6.54 Å². The first kappa shape index (κ1) is 11.0. The van der Waals surface area contributed by atoms with Gasteiger partial charge in [-0.15, -0.1) is 0 Å². The standard InChI is InChI=1S/C13H18ClN/c1-9-2-3-11(13(14)6-9)7-10-4-5-12(10)8-15/h2-3,6,10,12H,4-5,7-8,15H2,1H3. The molecule has 1 aromatic rings. The Morgan fingerprint density at radius 3 is 2.60 bits per heavy atom. The molecule has 2 N–H and O–H groups in total. The highest BCUT2D eigenvalue weighted by molar-refractivity contribution is 6.31. The van der Waals surface area contributed by atoms with E-state index < -0.39 is 0 Å². The number of aryl methyl sites for hydroxylation is 1. The van der Waals surface area contributed by atoms with Crippen molar-refractivity contribution < 1.29 is 0 Å². The van der Waals surface area contributed by atoms with Gasteiger partial charge in [-0.05, 0) is 61.8 Å². The number of benzene rings is 1. The smallest absolute Gasteiger partial charge is 0.0440 e. The van der Waals surface area contributed by atoms with Crippen LogP contribution in [0.5, 0.6) is 0 Å². The molecule has 0 spiro atoms. The maximum atomic E-state index is 6.21. The van der Waals surface area contributed by atoms with Crippen molar-refractivity contribution in [3.8, 4) is 0 Å². The summed E-state index contributed by atoms with van der Waals surface area (Å²) >= 11 is 6.21. The van der Waals surface area contributed by atoms with Crippen LogP contribution in [0.15, 0.2) is 18.2 Å². The zero-order chi connectivity index (χ0) is 10.8. The number of nitrogens with two attached hydrogens (primary N) is 1. The Labute approximate surface area is 96.6 Å². The fourth-order valence-corrected chi connectivity index (χ4v) is 2.63. The molecule has 1 saturated carbocycles. The molecule has 1 nitrogen and oxygen atoms in total. The molecule has 1 aliphatic rings. The molecule has 1 aromatic carbocycles. The summed E-state index contributed by atoms with van der Waals surface area (Å²) in [4.78, 5) is 0. The molecule has 1 aliphatic carbocycles. The Morgan fingerprint density at radius 1 is 1.33 bits per heavy atom. The van der Waals surface area contributed by atoms with Gasteiger partial charge in [0.1, 0.15) is 0 Å². The Hall–Kier alpha value is -0.530. The molecule has 1 fully saturated rings. The minimum Gasteiger partial charge on any atom is -0.330 e. The summed E-state index contributed by atoms with van der Waals surface area (Å²) in [5, 5.41) is 0.915. The molecular weight excluding hydrogens is 206 g/mol. The van der Waals surface area contributed by atoms with Gasteiger partial charge in [-0.25, -0.2) is 0 Å². The topological polar surface area (TPSA) is 26.0 Å². The average Bonchev–Trinajstić information content (AvgIpc) is 2.15. The maximum Gasteiger partial charge on any atom is 0.0440 e. The van der Waals surface area contributed by atoms with Crippen molar-refractivity contribution in [3.05, 3.63) is 34.3 Å². The molecule has 15 heavy (non-hydrogen) atoms. The summed E-state index contributed by atoms with van der Waals surface area (Å²) in [7, 11) is 0. The summed E-state index contributed by atoms with van der Waals surface area (Å²) in [5.74, 6) is 1.48. The number of hydrogen-bond acceptors (Lipinski definition) is 1. The summed E-state index contributed by atoms with van der Waals surface area (Å²) in [6, 6.07) is 6.34. The van der Waals surface area contributed by atoms with Crippen molar-refractivity contribution in [2.75, 3.05) is 6.54 Å². The van der Waals surface area contributed by atoms with E-state index in [2.05, 4.69) is 19.1 Å². The van der Waals surface area contributed by atoms with Crippen LogP contribution in [0.4, 0.5) is 0 Å². The number of hydrogen-bond donors (Lipinski definition) is 1. The van der Waals surface area contributed by atoms with Gasteiger partial charge in [0.25, 0.3) is 0 Å². The summed E-state index contributed by atoms with van der Waals surface area (Å²) in [6.45, 7) is 2.90. The molecule has 0 radical (unpaired) electrons. The second-order valence-corrected chi connectivity index (χ2v) is 5.04. The van der Waals surface area contributed by atoms with Crippen LogP contribution in [0.1, 0.15) is 24.0 Å². The second kappa shape index (κ2) is 4.54. The molecule has 0 heterocycles. The lowest BCUT2D eigenvalue weighted by molar-refractivity contribution is 0.183. The number of rotatable bonds is 3. The monoisotopic (exact) mass is 223 g/mol. The molecule has 2 rings (SSSR count). The lowest BCUT2D eigenvalue weighted by Crippen LogP contribution is -2.33. The lowest BCUT2D eigenvalue weighted by atomic mass is 9.71. The first-order valence-corrected chi connectivity index (χ1v) is 6.03. The second-order valence-electron chi connectivity index (χ2n) is 4.63. The third-order valence-corrected chi connectivity index (χ3v) is 3.92. The first-order valence-electron chi connectivity index (χ1n) is 5.66. The Morgan fingerprint density at radius 2 is 2.07 bits per heavy atom. The number of halogens is 1. The van der Waals surface area contributed by atoms with Gasteiger partial charge in [-0.2, -0.15) is 0 Å². The molecule has 0 aromatic heterocycles. The highest BCUT2D eigenvalue weighted by atomic mass is 35.5. The van der Waals surface area contributed by atoms with E-state index in [1.54, 1.807) is 0 Å². The van der Waals surface area contributed by atoms with E-state index in [-0.39, 0.29) is 0 Å². The molecular formula is C13H18ClN. The van der Waals surface area contributed by atoms with Gasteiger partial charge < -0.3 is 5.73 Å². The Balaban J connectivity index is 2.04. The summed E-state index contributed by atoms with van der Waals surface area (Å²) < 4.78 is 0. The van der Waals surface area contributed by atoms with Crippen LogP contribution in [-0.2, 0) is 6.42 Å². The van der Waals surface area contributed by atoms with Crippen LogP contribution in [0.25, 0.3) is 0 Å². The zero-order valence-electron chi connectivity index (χ0n) is 9.17. The Kier molecular flexibility index (Phi) is 3.32. The van der Waals surface area contributed by atoms with E-state index in [1.807, 2.05) is 6.07 Å². The van der Waals surface area contributed by atoms with Gasteiger partial charge in [0.05, 0.1) is 0 Å². The van der Waals surface area contributed by atoms with Crippen molar-refractivity contribution >= 4 is 11.6 Å². The predicted octanol–water partition coefficient (Wildman–Crippen LogP) is 3.18. The van der Waals surface area contributed by atoms with Crippen molar-refractivity contribution in [2.24, 2.45) is 17.6 Å². The van der Waals surface area contributed by atoms with Crippen LogP contribution < -0.4 is 5.73 Å². The maximum absolute atomic E-state index is 6.21. The Bertz CT molecular complexity index is 346. The third-order valence-electron chi connectivity index (χ3n) is 3.57. The van der Waals surface area contributed by atoms with Gasteiger partial charge in [-0.1, -0.05) is 23.7 Å². The fraction of sp³-hybridized carbons (Fsp3) is 0.538. The van der Waals surface area contributed by atoms with Crippen molar-refractivity contribution in [1.82, 2.24) is 0 Å². The minimum atomic E-state index is 0.724. The first-order chi connectivity index (χ1) is 7.20. The van der Waals surface area contributed by atoms with E-state index in [0.29, 0.717) is 0 Å². The highest BCUT2D eigenvalue weighted by Crippen LogP contribution is 2.37. The van der Waals surface area contributed by atoms with Crippen LogP contribution in [0.2, 0.25) is 5.02 Å². The third kappa shape index (κ3) is 2.35. The van der Waals surface area contributed by atoms with Gasteiger partial charge in [0.2, 0.25) is 0 Å². The normalized spacial score (nSPS) is 25.0. The average molecular weight is 224 g/mol. The molecule has 2 unspecified atom stereocenters. The van der Waals surface area contributed by atoms with E-state index in [4.69, 9.17) is 17.3 Å². The molecule has 0 aliphatic heterocycles. The van der Waals surface area contributed by atoms with Crippen LogP contribution in [0, 0.1) is 18.8 Å². The molecule has 0 saturated heterocycles. The lowest BCUT2D eigenvalue weighted by Gasteiger charge is -2.36. The highest BCUT2D eigenvalue weighted by Gasteiger charge is 2.29. The molecule has 82 valence electrons. The van der Waals surface area contributed by atoms with E-state index >= 15 is 0 Å². The fourth-order valence-electron chi connectivity index (χ4n) is 2.32.